The maximum Gasteiger partial charge on any atom is 0.0866 e. The average Bonchev–Trinajstić information content (AvgIpc) is 2.90. The van der Waals surface area contributed by atoms with E-state index >= 15 is 0 Å². The summed E-state index contributed by atoms with van der Waals surface area (Å²) in [6.07, 6.45) is 4.29. The summed E-state index contributed by atoms with van der Waals surface area (Å²) in [6.45, 7) is 7.38. The van der Waals surface area contributed by atoms with Gasteiger partial charge in [-0.2, -0.15) is 0 Å². The molecule has 0 aromatic heterocycles. The highest BCUT2D eigenvalue weighted by Gasteiger charge is 2.39. The van der Waals surface area contributed by atoms with Crippen molar-refractivity contribution in [3.63, 3.8) is 0 Å². The van der Waals surface area contributed by atoms with Crippen molar-refractivity contribution in [1.29, 1.82) is 0 Å². The van der Waals surface area contributed by atoms with Gasteiger partial charge in [-0.05, 0) is 6.42 Å². The minimum atomic E-state index is -0.0405. The first-order chi connectivity index (χ1) is 6.35. The molecule has 1 N–H and O–H groups in total. The second kappa shape index (κ2) is 3.78. The lowest BCUT2D eigenvalue weighted by Crippen LogP contribution is -2.50. The SMILES string of the molecule is C=CCC1(CC2CO2)CNCCO1. The lowest BCUT2D eigenvalue weighted by Gasteiger charge is -2.36. The normalized spacial score (nSPS) is 38.6. The Morgan fingerprint density at radius 2 is 2.46 bits per heavy atom. The van der Waals surface area contributed by atoms with Gasteiger partial charge in [0, 0.05) is 19.5 Å². The maximum absolute atomic E-state index is 5.84. The van der Waals surface area contributed by atoms with Crippen molar-refractivity contribution in [2.45, 2.75) is 24.5 Å². The van der Waals surface area contributed by atoms with E-state index in [9.17, 15) is 0 Å². The zero-order valence-corrected chi connectivity index (χ0v) is 7.92. The largest absolute Gasteiger partial charge is 0.373 e. The van der Waals surface area contributed by atoms with E-state index in [-0.39, 0.29) is 5.60 Å². The Balaban J connectivity index is 1.93. The van der Waals surface area contributed by atoms with Gasteiger partial charge < -0.3 is 14.8 Å². The van der Waals surface area contributed by atoms with Crippen molar-refractivity contribution in [2.24, 2.45) is 0 Å². The molecule has 0 amide bonds. The quantitative estimate of drug-likeness (QED) is 0.515. The lowest BCUT2D eigenvalue weighted by atomic mass is 9.92. The minimum Gasteiger partial charge on any atom is -0.373 e. The zero-order chi connectivity index (χ0) is 9.15. The van der Waals surface area contributed by atoms with Crippen LogP contribution in [0.4, 0.5) is 0 Å². The zero-order valence-electron chi connectivity index (χ0n) is 7.92. The molecule has 0 aromatic rings. The van der Waals surface area contributed by atoms with Gasteiger partial charge >= 0.3 is 0 Å². The van der Waals surface area contributed by atoms with Gasteiger partial charge in [-0.15, -0.1) is 6.58 Å². The summed E-state index contributed by atoms with van der Waals surface area (Å²) >= 11 is 0. The van der Waals surface area contributed by atoms with Crippen molar-refractivity contribution in [3.8, 4) is 0 Å². The molecule has 0 spiro atoms. The molecule has 0 saturated carbocycles. The second-order valence-corrected chi connectivity index (χ2v) is 3.86. The molecular weight excluding hydrogens is 166 g/mol. The van der Waals surface area contributed by atoms with Crippen molar-refractivity contribution < 1.29 is 9.47 Å². The van der Waals surface area contributed by atoms with E-state index in [1.165, 1.54) is 0 Å². The van der Waals surface area contributed by atoms with Crippen molar-refractivity contribution in [3.05, 3.63) is 12.7 Å². The van der Waals surface area contributed by atoms with Gasteiger partial charge in [0.25, 0.3) is 0 Å². The van der Waals surface area contributed by atoms with E-state index in [1.54, 1.807) is 0 Å². The van der Waals surface area contributed by atoms with E-state index < -0.39 is 0 Å². The molecule has 2 rings (SSSR count). The number of hydrogen-bond donors (Lipinski definition) is 1. The van der Waals surface area contributed by atoms with Crippen molar-refractivity contribution in [1.82, 2.24) is 5.32 Å². The van der Waals surface area contributed by atoms with Gasteiger partial charge in [0.1, 0.15) is 0 Å². The van der Waals surface area contributed by atoms with Gasteiger partial charge in [-0.25, -0.2) is 0 Å². The molecule has 13 heavy (non-hydrogen) atoms. The fraction of sp³-hybridized carbons (Fsp3) is 0.800. The molecular formula is C10H17NO2. The van der Waals surface area contributed by atoms with Crippen LogP contribution in [0.15, 0.2) is 12.7 Å². The first kappa shape index (κ1) is 9.19. The number of rotatable bonds is 4. The third-order valence-electron chi connectivity index (χ3n) is 2.65. The topological polar surface area (TPSA) is 33.8 Å². The van der Waals surface area contributed by atoms with E-state index in [4.69, 9.17) is 9.47 Å². The molecule has 2 aliphatic heterocycles. The molecule has 2 heterocycles. The van der Waals surface area contributed by atoms with Crippen LogP contribution < -0.4 is 5.32 Å². The molecule has 2 atom stereocenters. The summed E-state index contributed by atoms with van der Waals surface area (Å²) in [5, 5.41) is 3.37. The summed E-state index contributed by atoms with van der Waals surface area (Å²) in [7, 11) is 0. The Morgan fingerprint density at radius 1 is 1.62 bits per heavy atom. The fourth-order valence-electron chi connectivity index (χ4n) is 1.92. The first-order valence-corrected chi connectivity index (χ1v) is 4.92. The van der Waals surface area contributed by atoms with Crippen LogP contribution >= 0.6 is 0 Å². The highest BCUT2D eigenvalue weighted by atomic mass is 16.6. The molecule has 74 valence electrons. The summed E-state index contributed by atoms with van der Waals surface area (Å²) in [5.74, 6) is 0. The predicted molar refractivity (Wildman–Crippen MR) is 50.7 cm³/mol. The number of morpholine rings is 1. The standard InChI is InChI=1S/C10H17NO2/c1-2-3-10(6-9-7-12-9)8-11-4-5-13-10/h2,9,11H,1,3-8H2. The molecule has 0 aromatic carbocycles. The molecule has 2 unspecified atom stereocenters. The van der Waals surface area contributed by atoms with Crippen LogP contribution in [-0.2, 0) is 9.47 Å². The average molecular weight is 183 g/mol. The molecule has 2 aliphatic rings. The van der Waals surface area contributed by atoms with Gasteiger partial charge in [-0.3, -0.25) is 0 Å². The van der Waals surface area contributed by atoms with Crippen molar-refractivity contribution in [2.75, 3.05) is 26.3 Å². The van der Waals surface area contributed by atoms with Crippen LogP contribution in [-0.4, -0.2) is 38.0 Å². The second-order valence-electron chi connectivity index (χ2n) is 3.86. The molecule has 0 aliphatic carbocycles. The Bertz CT molecular complexity index is 183. The molecule has 0 radical (unpaired) electrons. The summed E-state index contributed by atoms with van der Waals surface area (Å²) in [4.78, 5) is 0. The van der Waals surface area contributed by atoms with Crippen LogP contribution in [0.25, 0.3) is 0 Å². The van der Waals surface area contributed by atoms with Gasteiger partial charge in [-0.1, -0.05) is 6.08 Å². The number of ether oxygens (including phenoxy) is 2. The van der Waals surface area contributed by atoms with E-state index in [0.29, 0.717) is 6.10 Å². The third-order valence-corrected chi connectivity index (χ3v) is 2.65. The number of epoxide rings is 1. The van der Waals surface area contributed by atoms with Crippen LogP contribution in [0.3, 0.4) is 0 Å². The molecule has 3 nitrogen and oxygen atoms in total. The van der Waals surface area contributed by atoms with E-state index in [1.807, 2.05) is 6.08 Å². The van der Waals surface area contributed by atoms with Gasteiger partial charge in [0.15, 0.2) is 0 Å². The maximum atomic E-state index is 5.84. The Kier molecular flexibility index (Phi) is 2.67. The number of hydrogen-bond acceptors (Lipinski definition) is 3. The third kappa shape index (κ3) is 2.30. The van der Waals surface area contributed by atoms with Gasteiger partial charge in [0.05, 0.1) is 24.9 Å². The summed E-state index contributed by atoms with van der Waals surface area (Å²) in [5.41, 5.74) is -0.0405. The van der Waals surface area contributed by atoms with Crippen LogP contribution in [0, 0.1) is 0 Å². The predicted octanol–water partition coefficient (Wildman–Crippen LogP) is 0.710. The van der Waals surface area contributed by atoms with E-state index in [2.05, 4.69) is 11.9 Å². The summed E-state index contributed by atoms with van der Waals surface area (Å²) in [6, 6.07) is 0. The van der Waals surface area contributed by atoms with E-state index in [0.717, 1.165) is 39.1 Å². The monoisotopic (exact) mass is 183 g/mol. The smallest absolute Gasteiger partial charge is 0.0866 e. The first-order valence-electron chi connectivity index (χ1n) is 4.92. The minimum absolute atomic E-state index is 0.0405. The van der Waals surface area contributed by atoms with Crippen LogP contribution in [0.2, 0.25) is 0 Å². The van der Waals surface area contributed by atoms with Crippen LogP contribution in [0.1, 0.15) is 12.8 Å². The van der Waals surface area contributed by atoms with Crippen LogP contribution in [0.5, 0.6) is 0 Å². The number of nitrogens with one attached hydrogen (secondary N) is 1. The lowest BCUT2D eigenvalue weighted by molar-refractivity contribution is -0.0724. The molecule has 3 heteroatoms. The fourth-order valence-corrected chi connectivity index (χ4v) is 1.92. The molecule has 2 saturated heterocycles. The molecule has 2 fully saturated rings. The van der Waals surface area contributed by atoms with Crippen molar-refractivity contribution >= 4 is 0 Å². The van der Waals surface area contributed by atoms with Gasteiger partial charge in [0.2, 0.25) is 0 Å². The highest BCUT2D eigenvalue weighted by molar-refractivity contribution is 4.96. The Hall–Kier alpha value is -0.380. The summed E-state index contributed by atoms with van der Waals surface area (Å²) < 4.78 is 11.1. The highest BCUT2D eigenvalue weighted by Crippen LogP contribution is 2.29. The molecule has 0 bridgehead atoms. The Morgan fingerprint density at radius 3 is 3.00 bits per heavy atom. The Labute approximate surface area is 79.1 Å².